The largest absolute Gasteiger partial charge is 0.322 e. The monoisotopic (exact) mass is 393 g/mol. The fourth-order valence-corrected chi connectivity index (χ4v) is 4.79. The average Bonchev–Trinajstić information content (AvgIpc) is 3.14. The predicted octanol–water partition coefficient (Wildman–Crippen LogP) is 3.89. The molecule has 0 fully saturated rings. The molecule has 1 amide bonds. The molecule has 0 aliphatic heterocycles. The zero-order valence-corrected chi connectivity index (χ0v) is 15.3. The molecule has 0 unspecified atom stereocenters. The number of halogens is 2. The van der Waals surface area contributed by atoms with Crippen LogP contribution in [-0.4, -0.2) is 15.5 Å². The Morgan fingerprint density at radius 1 is 1.28 bits per heavy atom. The Labute approximate surface area is 157 Å². The molecular formula is C17H13Cl2N3O2S. The fraction of sp³-hybridized carbons (Fsp3) is 0.235. The first-order valence-electron chi connectivity index (χ1n) is 7.78. The van der Waals surface area contributed by atoms with Crippen LogP contribution in [0, 0.1) is 0 Å². The van der Waals surface area contributed by atoms with E-state index in [0.717, 1.165) is 29.7 Å². The van der Waals surface area contributed by atoms with Gasteiger partial charge < -0.3 is 5.32 Å². The summed E-state index contributed by atoms with van der Waals surface area (Å²) in [5.74, 6) is -0.384. The lowest BCUT2D eigenvalue weighted by Gasteiger charge is -2.10. The van der Waals surface area contributed by atoms with Crippen LogP contribution in [0.15, 0.2) is 29.3 Å². The normalized spacial score (nSPS) is 13.2. The zero-order chi connectivity index (χ0) is 17.6. The van der Waals surface area contributed by atoms with Crippen LogP contribution in [-0.2, 0) is 24.2 Å². The quantitative estimate of drug-likeness (QED) is 0.733. The molecule has 0 bridgehead atoms. The SMILES string of the molecule is O=C(Cn1cnc2sc3c(c2c1=O)CCC3)Nc1c(Cl)cccc1Cl. The summed E-state index contributed by atoms with van der Waals surface area (Å²) in [7, 11) is 0. The van der Waals surface area contributed by atoms with Gasteiger partial charge in [0, 0.05) is 4.88 Å². The highest BCUT2D eigenvalue weighted by atomic mass is 35.5. The van der Waals surface area contributed by atoms with Gasteiger partial charge in [-0.05, 0) is 37.0 Å². The number of rotatable bonds is 3. The second kappa shape index (κ2) is 6.44. The van der Waals surface area contributed by atoms with E-state index in [1.165, 1.54) is 15.8 Å². The number of anilines is 1. The molecule has 1 aliphatic carbocycles. The first-order valence-corrected chi connectivity index (χ1v) is 9.35. The Morgan fingerprint density at radius 2 is 2.04 bits per heavy atom. The minimum Gasteiger partial charge on any atom is -0.322 e. The van der Waals surface area contributed by atoms with E-state index in [4.69, 9.17) is 23.2 Å². The molecule has 0 radical (unpaired) electrons. The van der Waals surface area contributed by atoms with Crippen LogP contribution in [0.5, 0.6) is 0 Å². The first-order chi connectivity index (χ1) is 12.0. The lowest BCUT2D eigenvalue weighted by Crippen LogP contribution is -2.28. The van der Waals surface area contributed by atoms with Gasteiger partial charge in [0.15, 0.2) is 0 Å². The van der Waals surface area contributed by atoms with Gasteiger partial charge in [0.1, 0.15) is 11.4 Å². The molecule has 1 N–H and O–H groups in total. The molecule has 0 saturated heterocycles. The van der Waals surface area contributed by atoms with Crippen LogP contribution in [0.25, 0.3) is 10.2 Å². The van der Waals surface area contributed by atoms with Gasteiger partial charge in [-0.2, -0.15) is 0 Å². The molecule has 5 nitrogen and oxygen atoms in total. The summed E-state index contributed by atoms with van der Waals surface area (Å²) in [4.78, 5) is 31.4. The fourth-order valence-electron chi connectivity index (χ4n) is 3.08. The van der Waals surface area contributed by atoms with E-state index >= 15 is 0 Å². The number of amides is 1. The van der Waals surface area contributed by atoms with Crippen molar-refractivity contribution in [2.24, 2.45) is 0 Å². The summed E-state index contributed by atoms with van der Waals surface area (Å²) >= 11 is 13.7. The van der Waals surface area contributed by atoms with Crippen molar-refractivity contribution in [3.05, 3.63) is 55.4 Å². The molecule has 25 heavy (non-hydrogen) atoms. The summed E-state index contributed by atoms with van der Waals surface area (Å²) in [6, 6.07) is 4.97. The van der Waals surface area contributed by atoms with Crippen molar-refractivity contribution in [3.63, 3.8) is 0 Å². The van der Waals surface area contributed by atoms with Gasteiger partial charge in [-0.3, -0.25) is 14.2 Å². The highest BCUT2D eigenvalue weighted by Gasteiger charge is 2.21. The van der Waals surface area contributed by atoms with Crippen LogP contribution in [0.2, 0.25) is 10.0 Å². The molecule has 2 heterocycles. The molecule has 0 atom stereocenters. The molecule has 1 aliphatic rings. The molecule has 0 saturated carbocycles. The Hall–Kier alpha value is -1.89. The number of benzene rings is 1. The predicted molar refractivity (Wildman–Crippen MR) is 101 cm³/mol. The van der Waals surface area contributed by atoms with E-state index in [9.17, 15) is 9.59 Å². The number of fused-ring (bicyclic) bond motifs is 3. The van der Waals surface area contributed by atoms with Crippen LogP contribution < -0.4 is 10.9 Å². The number of carbonyl (C=O) groups excluding carboxylic acids is 1. The number of para-hydroxylation sites is 1. The lowest BCUT2D eigenvalue weighted by atomic mass is 10.2. The topological polar surface area (TPSA) is 64.0 Å². The molecule has 128 valence electrons. The molecule has 1 aromatic carbocycles. The maximum Gasteiger partial charge on any atom is 0.262 e. The summed E-state index contributed by atoms with van der Waals surface area (Å²) in [6.07, 6.45) is 4.39. The highest BCUT2D eigenvalue weighted by Crippen LogP contribution is 2.34. The third-order valence-electron chi connectivity index (χ3n) is 4.23. The van der Waals surface area contributed by atoms with Crippen LogP contribution in [0.1, 0.15) is 16.9 Å². The van der Waals surface area contributed by atoms with E-state index < -0.39 is 0 Å². The number of thiophene rings is 1. The maximum atomic E-state index is 12.8. The van der Waals surface area contributed by atoms with Crippen LogP contribution in [0.4, 0.5) is 5.69 Å². The van der Waals surface area contributed by atoms with E-state index in [1.807, 2.05) is 0 Å². The third-order valence-corrected chi connectivity index (χ3v) is 6.06. The number of hydrogen-bond acceptors (Lipinski definition) is 4. The Morgan fingerprint density at radius 3 is 2.80 bits per heavy atom. The smallest absolute Gasteiger partial charge is 0.262 e. The molecule has 3 aromatic rings. The maximum absolute atomic E-state index is 12.8. The van der Waals surface area contributed by atoms with Crippen LogP contribution in [0.3, 0.4) is 0 Å². The number of aryl methyl sites for hydroxylation is 2. The van der Waals surface area contributed by atoms with Crippen molar-refractivity contribution in [1.29, 1.82) is 0 Å². The Balaban J connectivity index is 1.64. The molecule has 2 aromatic heterocycles. The lowest BCUT2D eigenvalue weighted by molar-refractivity contribution is -0.116. The minimum absolute atomic E-state index is 0.145. The van der Waals surface area contributed by atoms with Crippen molar-refractivity contribution in [3.8, 4) is 0 Å². The van der Waals surface area contributed by atoms with Gasteiger partial charge in [0.05, 0.1) is 27.4 Å². The van der Waals surface area contributed by atoms with E-state index in [1.54, 1.807) is 29.5 Å². The first kappa shape index (κ1) is 16.6. The second-order valence-corrected chi connectivity index (χ2v) is 7.76. The van der Waals surface area contributed by atoms with Crippen molar-refractivity contribution in [2.75, 3.05) is 5.32 Å². The summed E-state index contributed by atoms with van der Waals surface area (Å²) in [5.41, 5.74) is 1.26. The summed E-state index contributed by atoms with van der Waals surface area (Å²) in [5, 5.41) is 4.01. The average molecular weight is 394 g/mol. The Kier molecular flexibility index (Phi) is 4.27. The Bertz CT molecular complexity index is 1040. The molecule has 8 heteroatoms. The van der Waals surface area contributed by atoms with Crippen LogP contribution >= 0.6 is 34.5 Å². The number of nitrogens with one attached hydrogen (secondary N) is 1. The number of hydrogen-bond donors (Lipinski definition) is 1. The van der Waals surface area contributed by atoms with Crippen molar-refractivity contribution in [1.82, 2.24) is 9.55 Å². The number of aromatic nitrogens is 2. The van der Waals surface area contributed by atoms with Crippen molar-refractivity contribution >= 4 is 56.3 Å². The summed E-state index contributed by atoms with van der Waals surface area (Å²) in [6.45, 7) is -0.145. The third kappa shape index (κ3) is 2.94. The van der Waals surface area contributed by atoms with E-state index in [-0.39, 0.29) is 18.0 Å². The second-order valence-electron chi connectivity index (χ2n) is 5.86. The van der Waals surface area contributed by atoms with Gasteiger partial charge >= 0.3 is 0 Å². The number of nitrogens with zero attached hydrogens (tertiary/aromatic N) is 2. The highest BCUT2D eigenvalue weighted by molar-refractivity contribution is 7.18. The van der Waals surface area contributed by atoms with Crippen molar-refractivity contribution < 1.29 is 4.79 Å². The molecule has 4 rings (SSSR count). The van der Waals surface area contributed by atoms with E-state index in [0.29, 0.717) is 21.1 Å². The van der Waals surface area contributed by atoms with E-state index in [2.05, 4.69) is 10.3 Å². The molecular weight excluding hydrogens is 381 g/mol. The number of carbonyl (C=O) groups is 1. The standard InChI is InChI=1S/C17H13Cl2N3O2S/c18-10-4-2-5-11(19)15(10)21-13(23)7-22-8-20-16-14(17(22)24)9-3-1-6-12(9)25-16/h2,4-5,8H,1,3,6-7H2,(H,21,23). The summed E-state index contributed by atoms with van der Waals surface area (Å²) < 4.78 is 1.33. The zero-order valence-electron chi connectivity index (χ0n) is 13.0. The van der Waals surface area contributed by atoms with Gasteiger partial charge in [-0.15, -0.1) is 11.3 Å². The molecule has 0 spiro atoms. The van der Waals surface area contributed by atoms with Crippen molar-refractivity contribution in [2.45, 2.75) is 25.8 Å². The minimum atomic E-state index is -0.384. The van der Waals surface area contributed by atoms with Gasteiger partial charge in [-0.1, -0.05) is 29.3 Å². The van der Waals surface area contributed by atoms with Gasteiger partial charge in [0.2, 0.25) is 5.91 Å². The van der Waals surface area contributed by atoms with Gasteiger partial charge in [0.25, 0.3) is 5.56 Å². The van der Waals surface area contributed by atoms with Gasteiger partial charge in [-0.25, -0.2) is 4.98 Å².